The number of nitrogens with one attached hydrogen (secondary N) is 1. The van der Waals surface area contributed by atoms with Gasteiger partial charge in [-0.3, -0.25) is 4.99 Å². The standard InChI is InChI=1S/C4H9IN4/c1-3(7-2)4(8-5)9-6/h6H2,1-2H3,(H,8,9). The van der Waals surface area contributed by atoms with Crippen molar-refractivity contribution in [1.82, 2.24) is 5.43 Å². The molecule has 0 bridgehead atoms. The molecular formula is C4H9IN4. The Labute approximate surface area is 68.1 Å². The number of hydrazine groups is 1. The van der Waals surface area contributed by atoms with Crippen molar-refractivity contribution in [2.45, 2.75) is 6.92 Å². The van der Waals surface area contributed by atoms with E-state index in [9.17, 15) is 0 Å². The van der Waals surface area contributed by atoms with Gasteiger partial charge in [0.2, 0.25) is 0 Å². The Morgan fingerprint density at radius 1 is 1.67 bits per heavy atom. The summed E-state index contributed by atoms with van der Waals surface area (Å²) < 4.78 is 3.80. The molecule has 3 N–H and O–H groups in total. The van der Waals surface area contributed by atoms with Gasteiger partial charge < -0.3 is 5.43 Å². The normalized spacial score (nSPS) is 13.8. The SMILES string of the molecule is CN=C(C)C(=NI)NN. The molecule has 0 saturated carbocycles. The van der Waals surface area contributed by atoms with Crippen LogP contribution in [0.25, 0.3) is 0 Å². The number of nitrogens with two attached hydrogens (primary N) is 1. The Kier molecular flexibility index (Phi) is 4.60. The first kappa shape index (κ1) is 8.83. The Morgan fingerprint density at radius 3 is 2.33 bits per heavy atom. The highest BCUT2D eigenvalue weighted by atomic mass is 127. The minimum atomic E-state index is 0.609. The second-order valence-corrected chi connectivity index (χ2v) is 1.87. The molecule has 0 aliphatic rings. The lowest BCUT2D eigenvalue weighted by Gasteiger charge is -1.99. The van der Waals surface area contributed by atoms with E-state index in [-0.39, 0.29) is 0 Å². The molecule has 0 saturated heterocycles. The first-order chi connectivity index (χ1) is 4.26. The molecule has 0 unspecified atom stereocenters. The fraction of sp³-hybridized carbons (Fsp3) is 0.500. The molecule has 9 heavy (non-hydrogen) atoms. The number of hydrogen-bond acceptors (Lipinski definition) is 3. The summed E-state index contributed by atoms with van der Waals surface area (Å²) in [6.45, 7) is 1.83. The van der Waals surface area contributed by atoms with Gasteiger partial charge in [0, 0.05) is 7.05 Å². The lowest BCUT2D eigenvalue weighted by atomic mass is 10.4. The molecule has 0 aromatic heterocycles. The van der Waals surface area contributed by atoms with Crippen LogP contribution in [0.3, 0.4) is 0 Å². The Hall–Kier alpha value is -0.170. The maximum absolute atomic E-state index is 5.09. The van der Waals surface area contributed by atoms with E-state index >= 15 is 0 Å². The van der Waals surface area contributed by atoms with E-state index < -0.39 is 0 Å². The fourth-order valence-electron chi connectivity index (χ4n) is 0.296. The van der Waals surface area contributed by atoms with Crippen molar-refractivity contribution in [2.24, 2.45) is 14.0 Å². The van der Waals surface area contributed by atoms with Gasteiger partial charge in [0.1, 0.15) is 0 Å². The minimum Gasteiger partial charge on any atom is -0.307 e. The second kappa shape index (κ2) is 4.68. The molecule has 0 aliphatic carbocycles. The quantitative estimate of drug-likeness (QED) is 0.227. The molecule has 0 heterocycles. The van der Waals surface area contributed by atoms with Gasteiger partial charge in [-0.15, -0.1) is 0 Å². The average Bonchev–Trinajstić information content (AvgIpc) is 1.90. The maximum atomic E-state index is 5.09. The van der Waals surface area contributed by atoms with Crippen molar-refractivity contribution in [2.75, 3.05) is 7.05 Å². The van der Waals surface area contributed by atoms with E-state index in [4.69, 9.17) is 5.84 Å². The van der Waals surface area contributed by atoms with E-state index in [1.54, 1.807) is 7.05 Å². The summed E-state index contributed by atoms with van der Waals surface area (Å²) in [5.74, 6) is 5.70. The van der Waals surface area contributed by atoms with Crippen LogP contribution in [-0.4, -0.2) is 18.6 Å². The molecule has 0 aromatic rings. The monoisotopic (exact) mass is 240 g/mol. The average molecular weight is 240 g/mol. The lowest BCUT2D eigenvalue weighted by molar-refractivity contribution is 1.04. The largest absolute Gasteiger partial charge is 0.307 e. The first-order valence-electron chi connectivity index (χ1n) is 2.35. The molecule has 0 rings (SSSR count). The van der Waals surface area contributed by atoms with Gasteiger partial charge in [-0.05, 0) is 6.92 Å². The van der Waals surface area contributed by atoms with Gasteiger partial charge in [0.25, 0.3) is 0 Å². The molecule has 0 aliphatic heterocycles. The number of rotatable bonds is 1. The third kappa shape index (κ3) is 2.75. The van der Waals surface area contributed by atoms with Crippen LogP contribution in [-0.2, 0) is 0 Å². The lowest BCUT2D eigenvalue weighted by Crippen LogP contribution is -2.34. The third-order valence-corrected chi connectivity index (χ3v) is 1.38. The summed E-state index contributed by atoms with van der Waals surface area (Å²) in [6, 6.07) is 0. The molecule has 5 heteroatoms. The fourth-order valence-corrected chi connectivity index (χ4v) is 0.784. The molecule has 4 nitrogen and oxygen atoms in total. The van der Waals surface area contributed by atoms with Crippen LogP contribution in [0.5, 0.6) is 0 Å². The molecule has 0 atom stereocenters. The van der Waals surface area contributed by atoms with Gasteiger partial charge >= 0.3 is 0 Å². The highest BCUT2D eigenvalue weighted by Gasteiger charge is 1.96. The van der Waals surface area contributed by atoms with Crippen LogP contribution in [0.2, 0.25) is 0 Å². The zero-order valence-corrected chi connectivity index (χ0v) is 7.51. The maximum Gasteiger partial charge on any atom is 0.167 e. The van der Waals surface area contributed by atoms with Crippen LogP contribution in [0.4, 0.5) is 0 Å². The highest BCUT2D eigenvalue weighted by Crippen LogP contribution is 1.86. The first-order valence-corrected chi connectivity index (χ1v) is 3.32. The molecule has 0 radical (unpaired) electrons. The van der Waals surface area contributed by atoms with E-state index in [0.717, 1.165) is 5.71 Å². The zero-order chi connectivity index (χ0) is 7.28. The predicted molar refractivity (Wildman–Crippen MR) is 47.8 cm³/mol. The third-order valence-electron chi connectivity index (χ3n) is 0.899. The number of hydrogen-bond donors (Lipinski definition) is 2. The Morgan fingerprint density at radius 2 is 2.22 bits per heavy atom. The van der Waals surface area contributed by atoms with Gasteiger partial charge in [-0.2, -0.15) is 3.21 Å². The van der Waals surface area contributed by atoms with Gasteiger partial charge in [-0.1, -0.05) is 0 Å². The number of aliphatic imine (C=N–C) groups is 1. The molecule has 52 valence electrons. The van der Waals surface area contributed by atoms with Crippen molar-refractivity contribution < 1.29 is 0 Å². The second-order valence-electron chi connectivity index (χ2n) is 1.39. The number of amidine groups is 1. The van der Waals surface area contributed by atoms with Crippen LogP contribution in [0.1, 0.15) is 6.92 Å². The minimum absolute atomic E-state index is 0.609. The summed E-state index contributed by atoms with van der Waals surface area (Å²) in [4.78, 5) is 3.87. The van der Waals surface area contributed by atoms with E-state index in [1.807, 2.05) is 29.8 Å². The van der Waals surface area contributed by atoms with Gasteiger partial charge in [-0.25, -0.2) is 5.84 Å². The summed E-state index contributed by atoms with van der Waals surface area (Å²) in [7, 11) is 1.69. The van der Waals surface area contributed by atoms with Crippen LogP contribution >= 0.6 is 22.9 Å². The molecule has 0 fully saturated rings. The van der Waals surface area contributed by atoms with Crippen LogP contribution in [0, 0.1) is 0 Å². The Balaban J connectivity index is 4.14. The zero-order valence-electron chi connectivity index (χ0n) is 5.35. The van der Waals surface area contributed by atoms with Crippen molar-refractivity contribution in [3.8, 4) is 0 Å². The van der Waals surface area contributed by atoms with E-state index in [1.165, 1.54) is 0 Å². The topological polar surface area (TPSA) is 62.8 Å². The van der Waals surface area contributed by atoms with Crippen molar-refractivity contribution in [3.63, 3.8) is 0 Å². The smallest absolute Gasteiger partial charge is 0.167 e. The molecule has 0 amide bonds. The summed E-state index contributed by atoms with van der Waals surface area (Å²) in [6.07, 6.45) is 0. The van der Waals surface area contributed by atoms with E-state index in [2.05, 4.69) is 13.6 Å². The Bertz CT molecular complexity index is 140. The van der Waals surface area contributed by atoms with Crippen molar-refractivity contribution in [1.29, 1.82) is 0 Å². The van der Waals surface area contributed by atoms with Crippen LogP contribution < -0.4 is 11.3 Å². The van der Waals surface area contributed by atoms with Gasteiger partial charge in [0.05, 0.1) is 28.6 Å². The van der Waals surface area contributed by atoms with Crippen molar-refractivity contribution >= 4 is 34.4 Å². The predicted octanol–water partition coefficient (Wildman–Crippen LogP) is 0.289. The summed E-state index contributed by atoms with van der Waals surface area (Å²) in [5, 5.41) is 0. The molecular weight excluding hydrogens is 231 g/mol. The van der Waals surface area contributed by atoms with E-state index in [0.29, 0.717) is 5.84 Å². The summed E-state index contributed by atoms with van der Waals surface area (Å²) in [5.41, 5.74) is 3.21. The van der Waals surface area contributed by atoms with Gasteiger partial charge in [0.15, 0.2) is 5.84 Å². The van der Waals surface area contributed by atoms with Crippen LogP contribution in [0.15, 0.2) is 8.20 Å². The number of nitrogens with zero attached hydrogens (tertiary/aromatic N) is 2. The van der Waals surface area contributed by atoms with Crippen molar-refractivity contribution in [3.05, 3.63) is 0 Å². The molecule has 0 spiro atoms. The molecule has 0 aromatic carbocycles. The number of halogens is 1. The highest BCUT2D eigenvalue weighted by molar-refractivity contribution is 14.1. The summed E-state index contributed by atoms with van der Waals surface area (Å²) >= 11 is 1.85.